The van der Waals surface area contributed by atoms with Gasteiger partial charge in [0.15, 0.2) is 6.10 Å². The molecule has 0 amide bonds. The second kappa shape index (κ2) is 64.1. The molecule has 0 aromatic rings. The Morgan fingerprint density at radius 2 is 0.506 bits per heavy atom. The molecule has 6 heteroatoms. The van der Waals surface area contributed by atoms with Gasteiger partial charge in [-0.2, -0.15) is 0 Å². The molecule has 0 aliphatic carbocycles. The van der Waals surface area contributed by atoms with E-state index < -0.39 is 6.10 Å². The van der Waals surface area contributed by atoms with Crippen LogP contribution in [-0.4, -0.2) is 37.2 Å². The Morgan fingerprint density at radius 3 is 0.792 bits per heavy atom. The summed E-state index contributed by atoms with van der Waals surface area (Å²) in [6.45, 7) is 6.39. The molecule has 0 aromatic carbocycles. The van der Waals surface area contributed by atoms with Crippen LogP contribution in [0.4, 0.5) is 0 Å². The fourth-order valence-corrected chi connectivity index (χ4v) is 8.47. The van der Waals surface area contributed by atoms with Gasteiger partial charge in [0.25, 0.3) is 0 Å². The van der Waals surface area contributed by atoms with Crippen LogP contribution in [0.3, 0.4) is 0 Å². The molecule has 0 radical (unpaired) electrons. The van der Waals surface area contributed by atoms with Crippen LogP contribution in [0.25, 0.3) is 0 Å². The van der Waals surface area contributed by atoms with Crippen molar-refractivity contribution in [2.24, 2.45) is 0 Å². The molecule has 6 nitrogen and oxygen atoms in total. The van der Waals surface area contributed by atoms with Crippen LogP contribution in [0.1, 0.15) is 278 Å². The largest absolute Gasteiger partial charge is 0.462 e. The molecule has 0 saturated heterocycles. The summed E-state index contributed by atoms with van der Waals surface area (Å²) in [4.78, 5) is 38.2. The zero-order valence-electron chi connectivity index (χ0n) is 49.9. The van der Waals surface area contributed by atoms with Crippen LogP contribution >= 0.6 is 0 Å². The van der Waals surface area contributed by atoms with E-state index in [-0.39, 0.29) is 31.1 Å². The molecular weight excluding hydrogens is 949 g/mol. The second-order valence-corrected chi connectivity index (χ2v) is 20.6. The minimum atomic E-state index is -0.793. The Bertz CT molecular complexity index is 1650. The number of esters is 3. The van der Waals surface area contributed by atoms with Gasteiger partial charge in [0, 0.05) is 19.3 Å². The third-order valence-electron chi connectivity index (χ3n) is 13.2. The molecule has 0 spiro atoms. The van der Waals surface area contributed by atoms with Crippen molar-refractivity contribution in [1.29, 1.82) is 0 Å². The van der Waals surface area contributed by atoms with Crippen LogP contribution in [0.15, 0.2) is 134 Å². The van der Waals surface area contributed by atoms with E-state index in [1.807, 2.05) is 0 Å². The number of ether oxygens (including phenoxy) is 3. The molecular formula is C71H116O6. The number of rotatable bonds is 56. The number of hydrogen-bond donors (Lipinski definition) is 0. The van der Waals surface area contributed by atoms with Crippen molar-refractivity contribution >= 4 is 17.9 Å². The highest BCUT2D eigenvalue weighted by molar-refractivity contribution is 5.71. The predicted octanol–water partition coefficient (Wildman–Crippen LogP) is 21.8. The summed E-state index contributed by atoms with van der Waals surface area (Å²) in [5.74, 6) is -0.914. The molecule has 0 fully saturated rings. The van der Waals surface area contributed by atoms with E-state index in [4.69, 9.17) is 14.2 Å². The summed E-state index contributed by atoms with van der Waals surface area (Å²) in [6.07, 6.45) is 90.3. The van der Waals surface area contributed by atoms with Gasteiger partial charge < -0.3 is 14.2 Å². The van der Waals surface area contributed by atoms with Gasteiger partial charge in [0.1, 0.15) is 13.2 Å². The standard InChI is InChI=1S/C71H116O6/c1-4-7-10-13-16-19-22-24-26-27-28-29-30-31-32-33-34-35-36-37-38-39-40-41-42-43-45-46-49-52-55-58-61-64-70(73)76-67-68(66-75-69(72)63-60-57-54-51-48-21-18-15-12-9-6-3)77-71(74)65-62-59-56-53-50-47-44-25-23-20-17-14-11-8-5-2/h7-8,10-11,16-17,19-20,24-26,28-29,31-32,34-35,37-38,40-41,44,68H,4-6,9,12-15,18,21-23,27,30,33,36,39,42-43,45-67H2,1-3H3/b10-7-,11-8-,19-16-,20-17-,26-24-,29-28-,32-31-,35-34-,38-37-,41-40-,44-25-. The smallest absolute Gasteiger partial charge is 0.306 e. The van der Waals surface area contributed by atoms with E-state index in [1.54, 1.807) is 0 Å². The van der Waals surface area contributed by atoms with Crippen LogP contribution < -0.4 is 0 Å². The number of allylic oxidation sites excluding steroid dienone is 22. The first-order chi connectivity index (χ1) is 38.0. The molecule has 0 aliphatic rings. The average Bonchev–Trinajstić information content (AvgIpc) is 3.43. The van der Waals surface area contributed by atoms with E-state index in [0.29, 0.717) is 19.3 Å². The van der Waals surface area contributed by atoms with Crippen molar-refractivity contribution < 1.29 is 28.6 Å². The predicted molar refractivity (Wildman–Crippen MR) is 334 cm³/mol. The fourth-order valence-electron chi connectivity index (χ4n) is 8.47. The fraction of sp³-hybridized carbons (Fsp3) is 0.648. The normalized spacial score (nSPS) is 13.0. The highest BCUT2D eigenvalue weighted by atomic mass is 16.6. The Hall–Kier alpha value is -4.45. The molecule has 0 bridgehead atoms. The van der Waals surface area contributed by atoms with Gasteiger partial charge >= 0.3 is 17.9 Å². The van der Waals surface area contributed by atoms with Crippen molar-refractivity contribution in [1.82, 2.24) is 0 Å². The van der Waals surface area contributed by atoms with Crippen molar-refractivity contribution in [3.63, 3.8) is 0 Å². The Balaban J connectivity index is 4.25. The number of unbranched alkanes of at least 4 members (excludes halogenated alkanes) is 23. The second-order valence-electron chi connectivity index (χ2n) is 20.6. The molecule has 0 N–H and O–H groups in total. The molecule has 0 saturated carbocycles. The quantitative estimate of drug-likeness (QED) is 0.0261. The summed E-state index contributed by atoms with van der Waals surface area (Å²) < 4.78 is 16.9. The van der Waals surface area contributed by atoms with E-state index in [9.17, 15) is 14.4 Å². The summed E-state index contributed by atoms with van der Waals surface area (Å²) in [7, 11) is 0. The maximum atomic E-state index is 12.9. The lowest BCUT2D eigenvalue weighted by atomic mass is 10.1. The van der Waals surface area contributed by atoms with Crippen molar-refractivity contribution in [3.8, 4) is 0 Å². The van der Waals surface area contributed by atoms with Crippen molar-refractivity contribution in [2.75, 3.05) is 13.2 Å². The third kappa shape index (κ3) is 62.3. The SMILES string of the molecule is CC/C=C\C/C=C\C/C=C\C/C=C\C/C=C\C/C=C\C/C=C\C/C=C\CCCCCCCCCCC(=O)OCC(COC(=O)CCCCCCCCCCCCC)OC(=O)CCCCCCC/C=C\C/C=C\C/C=C\CC. The molecule has 1 unspecified atom stereocenters. The highest BCUT2D eigenvalue weighted by Gasteiger charge is 2.19. The number of hydrogen-bond acceptors (Lipinski definition) is 6. The first-order valence-corrected chi connectivity index (χ1v) is 31.7. The Morgan fingerprint density at radius 1 is 0.273 bits per heavy atom. The van der Waals surface area contributed by atoms with Crippen LogP contribution in [0.5, 0.6) is 0 Å². The molecule has 0 heterocycles. The summed E-state index contributed by atoms with van der Waals surface area (Å²) in [6, 6.07) is 0. The Kier molecular flexibility index (Phi) is 60.4. The van der Waals surface area contributed by atoms with Gasteiger partial charge in [-0.3, -0.25) is 14.4 Å². The maximum Gasteiger partial charge on any atom is 0.306 e. The molecule has 0 aliphatic heterocycles. The van der Waals surface area contributed by atoms with E-state index in [2.05, 4.69) is 154 Å². The minimum Gasteiger partial charge on any atom is -0.462 e. The average molecular weight is 1070 g/mol. The molecule has 1 atom stereocenters. The van der Waals surface area contributed by atoms with E-state index >= 15 is 0 Å². The third-order valence-corrected chi connectivity index (χ3v) is 13.2. The molecule has 77 heavy (non-hydrogen) atoms. The topological polar surface area (TPSA) is 78.9 Å². The van der Waals surface area contributed by atoms with E-state index in [1.165, 1.54) is 83.5 Å². The summed E-state index contributed by atoms with van der Waals surface area (Å²) in [5.41, 5.74) is 0. The monoisotopic (exact) mass is 1060 g/mol. The maximum absolute atomic E-state index is 12.9. The first kappa shape index (κ1) is 72.5. The first-order valence-electron chi connectivity index (χ1n) is 31.7. The van der Waals surface area contributed by atoms with Crippen molar-refractivity contribution in [3.05, 3.63) is 134 Å². The van der Waals surface area contributed by atoms with Crippen LogP contribution in [-0.2, 0) is 28.6 Å². The molecule has 436 valence electrons. The van der Waals surface area contributed by atoms with Gasteiger partial charge in [-0.25, -0.2) is 0 Å². The van der Waals surface area contributed by atoms with Gasteiger partial charge in [-0.05, 0) is 116 Å². The van der Waals surface area contributed by atoms with Gasteiger partial charge in [-0.1, -0.05) is 276 Å². The summed E-state index contributed by atoms with van der Waals surface area (Å²) >= 11 is 0. The molecule has 0 aromatic heterocycles. The molecule has 0 rings (SSSR count). The number of carbonyl (C=O) groups is 3. The van der Waals surface area contributed by atoms with Crippen LogP contribution in [0.2, 0.25) is 0 Å². The van der Waals surface area contributed by atoms with Gasteiger partial charge in [0.2, 0.25) is 0 Å². The lowest BCUT2D eigenvalue weighted by Crippen LogP contribution is -2.30. The zero-order valence-corrected chi connectivity index (χ0v) is 49.9. The zero-order chi connectivity index (χ0) is 55.7. The van der Waals surface area contributed by atoms with Crippen molar-refractivity contribution in [2.45, 2.75) is 284 Å². The lowest BCUT2D eigenvalue weighted by molar-refractivity contribution is -0.167. The minimum absolute atomic E-state index is 0.0882. The lowest BCUT2D eigenvalue weighted by Gasteiger charge is -2.18. The van der Waals surface area contributed by atoms with Gasteiger partial charge in [-0.15, -0.1) is 0 Å². The van der Waals surface area contributed by atoms with Crippen LogP contribution in [0, 0.1) is 0 Å². The highest BCUT2D eigenvalue weighted by Crippen LogP contribution is 2.15. The van der Waals surface area contributed by atoms with Gasteiger partial charge in [0.05, 0.1) is 0 Å². The van der Waals surface area contributed by atoms with E-state index in [0.717, 1.165) is 154 Å². The number of carbonyl (C=O) groups excluding carboxylic acids is 3. The Labute approximate surface area is 475 Å². The summed E-state index contributed by atoms with van der Waals surface area (Å²) in [5, 5.41) is 0.